The minimum absolute atomic E-state index is 0.213. The molecule has 2 rings (SSSR count). The van der Waals surface area contributed by atoms with Gasteiger partial charge in [-0.15, -0.1) is 0 Å². The zero-order valence-corrected chi connectivity index (χ0v) is 12.7. The standard InChI is InChI=1S/C16H20O6/c1-11-7-6-8-12(2)14(11)19-16(18)21-22-20-15(17)13-9-4-3-5-10-13/h3-5,9-12,14H,6-8H2,1-2H3. The van der Waals surface area contributed by atoms with E-state index in [1.807, 2.05) is 13.8 Å². The lowest BCUT2D eigenvalue weighted by molar-refractivity contribution is -0.453. The molecule has 0 aromatic heterocycles. The molecule has 0 spiro atoms. The second-order valence-electron chi connectivity index (χ2n) is 5.61. The van der Waals surface area contributed by atoms with Gasteiger partial charge in [-0.2, -0.15) is 0 Å². The Morgan fingerprint density at radius 2 is 1.64 bits per heavy atom. The summed E-state index contributed by atoms with van der Waals surface area (Å²) in [5, 5.41) is 4.20. The van der Waals surface area contributed by atoms with Gasteiger partial charge in [-0.3, -0.25) is 4.89 Å². The van der Waals surface area contributed by atoms with Crippen LogP contribution in [0.15, 0.2) is 30.3 Å². The van der Waals surface area contributed by atoms with Gasteiger partial charge in [-0.25, -0.2) is 14.5 Å². The van der Waals surface area contributed by atoms with Gasteiger partial charge in [-0.05, 0) is 36.8 Å². The lowest BCUT2D eigenvalue weighted by Gasteiger charge is -2.32. The predicted octanol–water partition coefficient (Wildman–Crippen LogP) is 3.67. The predicted molar refractivity (Wildman–Crippen MR) is 76.5 cm³/mol. The highest BCUT2D eigenvalue weighted by Crippen LogP contribution is 2.31. The van der Waals surface area contributed by atoms with Gasteiger partial charge >= 0.3 is 12.1 Å². The quantitative estimate of drug-likeness (QED) is 0.480. The van der Waals surface area contributed by atoms with Gasteiger partial charge < -0.3 is 4.74 Å². The first kappa shape index (κ1) is 16.3. The van der Waals surface area contributed by atoms with E-state index in [-0.39, 0.29) is 23.5 Å². The summed E-state index contributed by atoms with van der Waals surface area (Å²) in [6.45, 7) is 4.06. The fraction of sp³-hybridized carbons (Fsp3) is 0.500. The van der Waals surface area contributed by atoms with E-state index in [4.69, 9.17) is 4.74 Å². The molecule has 6 nitrogen and oxygen atoms in total. The molecule has 1 aromatic rings. The Labute approximate surface area is 129 Å². The number of carbonyl (C=O) groups excluding carboxylic acids is 2. The Balaban J connectivity index is 1.72. The number of benzene rings is 1. The monoisotopic (exact) mass is 308 g/mol. The SMILES string of the molecule is CC1CCCC(C)C1OC(=O)OOOC(=O)c1ccccc1. The van der Waals surface area contributed by atoms with Gasteiger partial charge in [0.1, 0.15) is 6.10 Å². The maximum atomic E-state index is 11.6. The number of hydrogen-bond donors (Lipinski definition) is 0. The Morgan fingerprint density at radius 1 is 1.00 bits per heavy atom. The van der Waals surface area contributed by atoms with Crippen LogP contribution in [0.4, 0.5) is 4.79 Å². The van der Waals surface area contributed by atoms with Crippen LogP contribution in [0.3, 0.4) is 0 Å². The lowest BCUT2D eigenvalue weighted by Crippen LogP contribution is -2.35. The van der Waals surface area contributed by atoms with Crippen LogP contribution in [0.1, 0.15) is 43.5 Å². The molecular formula is C16H20O6. The maximum absolute atomic E-state index is 11.6. The Kier molecular flexibility index (Phi) is 5.77. The van der Waals surface area contributed by atoms with Crippen molar-refractivity contribution >= 4 is 12.1 Å². The van der Waals surface area contributed by atoms with Crippen LogP contribution in [0.2, 0.25) is 0 Å². The van der Waals surface area contributed by atoms with Gasteiger partial charge in [0.05, 0.1) is 10.6 Å². The molecule has 0 N–H and O–H groups in total. The smallest absolute Gasteiger partial charge is 0.428 e. The third-order valence-corrected chi connectivity index (χ3v) is 3.89. The molecule has 0 heterocycles. The van der Waals surface area contributed by atoms with Crippen LogP contribution in [0.25, 0.3) is 0 Å². The van der Waals surface area contributed by atoms with E-state index in [1.165, 1.54) is 0 Å². The third kappa shape index (κ3) is 4.46. The zero-order chi connectivity index (χ0) is 15.9. The summed E-state index contributed by atoms with van der Waals surface area (Å²) in [5.41, 5.74) is 0.286. The molecule has 0 amide bonds. The third-order valence-electron chi connectivity index (χ3n) is 3.89. The van der Waals surface area contributed by atoms with E-state index < -0.39 is 12.1 Å². The van der Waals surface area contributed by atoms with Crippen molar-refractivity contribution in [2.75, 3.05) is 0 Å². The first-order valence-electron chi connectivity index (χ1n) is 7.39. The molecule has 6 heteroatoms. The highest BCUT2D eigenvalue weighted by atomic mass is 17.5. The maximum Gasteiger partial charge on any atom is 0.543 e. The van der Waals surface area contributed by atoms with Crippen LogP contribution in [-0.2, 0) is 19.6 Å². The summed E-state index contributed by atoms with van der Waals surface area (Å²) in [7, 11) is 0. The molecule has 2 unspecified atom stereocenters. The van der Waals surface area contributed by atoms with Gasteiger partial charge in [0.25, 0.3) is 0 Å². The van der Waals surface area contributed by atoms with E-state index in [9.17, 15) is 9.59 Å². The van der Waals surface area contributed by atoms with Crippen molar-refractivity contribution in [3.8, 4) is 0 Å². The first-order valence-corrected chi connectivity index (χ1v) is 7.39. The van der Waals surface area contributed by atoms with Gasteiger partial charge in [-0.1, -0.05) is 38.5 Å². The molecule has 120 valence electrons. The van der Waals surface area contributed by atoms with Crippen molar-refractivity contribution < 1.29 is 29.1 Å². The van der Waals surface area contributed by atoms with Crippen molar-refractivity contribution in [1.82, 2.24) is 0 Å². The topological polar surface area (TPSA) is 71.1 Å². The van der Waals surface area contributed by atoms with Crippen LogP contribution in [-0.4, -0.2) is 18.2 Å². The summed E-state index contributed by atoms with van der Waals surface area (Å²) >= 11 is 0. The van der Waals surface area contributed by atoms with Crippen molar-refractivity contribution in [3.05, 3.63) is 35.9 Å². The van der Waals surface area contributed by atoms with Crippen molar-refractivity contribution in [1.29, 1.82) is 0 Å². The summed E-state index contributed by atoms with van der Waals surface area (Å²) in [4.78, 5) is 31.8. The van der Waals surface area contributed by atoms with Crippen molar-refractivity contribution in [2.45, 2.75) is 39.2 Å². The molecule has 0 bridgehead atoms. The molecule has 1 aliphatic rings. The minimum Gasteiger partial charge on any atom is -0.428 e. The Morgan fingerprint density at radius 3 is 2.27 bits per heavy atom. The summed E-state index contributed by atoms with van der Waals surface area (Å²) in [5.74, 6) is -0.223. The number of carbonyl (C=O) groups is 2. The Hall–Kier alpha value is -2.08. The molecule has 0 radical (unpaired) electrons. The van der Waals surface area contributed by atoms with E-state index >= 15 is 0 Å². The lowest BCUT2D eigenvalue weighted by atomic mass is 9.81. The molecular weight excluding hydrogens is 288 g/mol. The Bertz CT molecular complexity index is 491. The van der Waals surface area contributed by atoms with E-state index in [1.54, 1.807) is 30.3 Å². The highest BCUT2D eigenvalue weighted by molar-refractivity contribution is 5.88. The number of hydrogen-bond acceptors (Lipinski definition) is 6. The highest BCUT2D eigenvalue weighted by Gasteiger charge is 2.31. The summed E-state index contributed by atoms with van der Waals surface area (Å²) in [6.07, 6.45) is 1.92. The van der Waals surface area contributed by atoms with E-state index in [0.29, 0.717) is 0 Å². The molecule has 1 saturated carbocycles. The number of ether oxygens (including phenoxy) is 1. The fourth-order valence-corrected chi connectivity index (χ4v) is 2.71. The van der Waals surface area contributed by atoms with Crippen LogP contribution >= 0.6 is 0 Å². The molecule has 1 fully saturated rings. The molecule has 2 atom stereocenters. The molecule has 0 aliphatic heterocycles. The van der Waals surface area contributed by atoms with Gasteiger partial charge in [0.2, 0.25) is 0 Å². The second-order valence-corrected chi connectivity index (χ2v) is 5.61. The van der Waals surface area contributed by atoms with Gasteiger partial charge in [0, 0.05) is 0 Å². The largest absolute Gasteiger partial charge is 0.543 e. The van der Waals surface area contributed by atoms with Crippen LogP contribution in [0.5, 0.6) is 0 Å². The second kappa shape index (κ2) is 7.79. The fourth-order valence-electron chi connectivity index (χ4n) is 2.71. The average molecular weight is 308 g/mol. The van der Waals surface area contributed by atoms with Crippen LogP contribution < -0.4 is 0 Å². The van der Waals surface area contributed by atoms with Crippen molar-refractivity contribution in [3.63, 3.8) is 0 Å². The normalized spacial score (nSPS) is 24.4. The van der Waals surface area contributed by atoms with E-state index in [0.717, 1.165) is 19.3 Å². The van der Waals surface area contributed by atoms with Crippen LogP contribution in [0, 0.1) is 11.8 Å². The van der Waals surface area contributed by atoms with Crippen molar-refractivity contribution in [2.24, 2.45) is 11.8 Å². The zero-order valence-electron chi connectivity index (χ0n) is 12.7. The number of rotatable bonds is 4. The molecule has 1 aromatic carbocycles. The molecule has 1 aliphatic carbocycles. The summed E-state index contributed by atoms with van der Waals surface area (Å²) in [6, 6.07) is 8.22. The average Bonchev–Trinajstić information content (AvgIpc) is 2.52. The molecule has 0 saturated heterocycles. The molecule has 22 heavy (non-hydrogen) atoms. The first-order chi connectivity index (χ1) is 10.6. The van der Waals surface area contributed by atoms with Gasteiger partial charge in [0.15, 0.2) is 0 Å². The summed E-state index contributed by atoms with van der Waals surface area (Å²) < 4.78 is 5.23. The minimum atomic E-state index is -1.01. The van der Waals surface area contributed by atoms with E-state index in [2.05, 4.69) is 14.8 Å².